The molecule has 0 bridgehead atoms. The molecule has 23 heavy (non-hydrogen) atoms. The molecule has 0 aliphatic heterocycles. The summed E-state index contributed by atoms with van der Waals surface area (Å²) in [6.45, 7) is -1.34. The molecule has 0 heterocycles. The second-order valence-electron chi connectivity index (χ2n) is 4.15. The molecule has 0 aliphatic carbocycles. The summed E-state index contributed by atoms with van der Waals surface area (Å²) in [5.41, 5.74) is 0.0227. The van der Waals surface area contributed by atoms with E-state index < -0.39 is 36.8 Å². The van der Waals surface area contributed by atoms with Crippen LogP contribution in [0.3, 0.4) is 0 Å². The Morgan fingerprint density at radius 3 is 1.96 bits per heavy atom. The summed E-state index contributed by atoms with van der Waals surface area (Å²) in [4.78, 5) is 44.5. The summed E-state index contributed by atoms with van der Waals surface area (Å²) >= 11 is 0. The molecule has 0 aliphatic rings. The number of carbonyl (C=O) groups excluding carboxylic acids is 3. The summed E-state index contributed by atoms with van der Waals surface area (Å²) in [6, 6.07) is 5.83. The topological polar surface area (TPSA) is 145 Å². The van der Waals surface area contributed by atoms with Crippen molar-refractivity contribution in [1.82, 2.24) is 16.0 Å². The van der Waals surface area contributed by atoms with Gasteiger partial charge in [-0.2, -0.15) is 0 Å². The van der Waals surface area contributed by atoms with E-state index in [0.717, 1.165) is 0 Å². The van der Waals surface area contributed by atoms with Gasteiger partial charge < -0.3 is 26.2 Å². The van der Waals surface area contributed by atoms with Crippen LogP contribution >= 0.6 is 0 Å². The molecule has 3 amide bonds. The Balaban J connectivity index is 0.00000484. The molecule has 10 heteroatoms. The molecule has 0 saturated heterocycles. The Morgan fingerprint density at radius 2 is 1.39 bits per heavy atom. The minimum Gasteiger partial charge on any atom is -0.507 e. The number of aromatic hydroxyl groups is 1. The number of carboxylic acid groups (broad SMARTS) is 1. The van der Waals surface area contributed by atoms with E-state index in [-0.39, 0.29) is 38.0 Å². The van der Waals surface area contributed by atoms with Gasteiger partial charge in [-0.1, -0.05) is 12.1 Å². The number of phenols is 1. The van der Waals surface area contributed by atoms with Gasteiger partial charge in [0, 0.05) is 20.1 Å². The van der Waals surface area contributed by atoms with Crippen LogP contribution in [0.25, 0.3) is 0 Å². The minimum absolute atomic E-state index is 0. The summed E-state index contributed by atoms with van der Waals surface area (Å²) in [5.74, 6) is -3.34. The molecule has 1 aromatic rings. The zero-order valence-electron chi connectivity index (χ0n) is 11.8. The first-order valence-electron chi connectivity index (χ1n) is 6.21. The average Bonchev–Trinajstić information content (AvgIpc) is 2.48. The Labute approximate surface area is 144 Å². The van der Waals surface area contributed by atoms with E-state index in [2.05, 4.69) is 16.0 Å². The van der Waals surface area contributed by atoms with Crippen molar-refractivity contribution in [2.75, 3.05) is 19.6 Å². The Hall–Kier alpha value is -2.45. The van der Waals surface area contributed by atoms with Gasteiger partial charge in [0.05, 0.1) is 18.7 Å². The van der Waals surface area contributed by atoms with Crippen molar-refractivity contribution in [2.24, 2.45) is 0 Å². The van der Waals surface area contributed by atoms with Crippen molar-refractivity contribution in [3.63, 3.8) is 0 Å². The maximum Gasteiger partial charge on any atom is 0.322 e. The molecule has 0 spiro atoms. The normalized spacial score (nSPS) is 9.22. The number of amides is 3. The van der Waals surface area contributed by atoms with Gasteiger partial charge in [0.15, 0.2) is 0 Å². The van der Waals surface area contributed by atoms with Crippen molar-refractivity contribution < 1.29 is 49.5 Å². The van der Waals surface area contributed by atoms with E-state index in [1.54, 1.807) is 12.1 Å². The molecule has 0 atom stereocenters. The van der Waals surface area contributed by atoms with Crippen LogP contribution in [-0.2, 0) is 34.5 Å². The number of hydrogen-bond acceptors (Lipinski definition) is 5. The van der Waals surface area contributed by atoms with Gasteiger partial charge in [0.25, 0.3) is 5.91 Å². The number of phenolic OH excluding ortho intramolecular Hbond substituents is 1. The van der Waals surface area contributed by atoms with E-state index in [1.807, 2.05) is 0 Å². The molecule has 5 N–H and O–H groups in total. The molecule has 0 unspecified atom stereocenters. The molecule has 1 radical (unpaired) electrons. The first-order valence-corrected chi connectivity index (χ1v) is 6.21. The zero-order valence-corrected chi connectivity index (χ0v) is 13.7. The summed E-state index contributed by atoms with van der Waals surface area (Å²) in [5, 5.41) is 24.4. The van der Waals surface area contributed by atoms with Crippen LogP contribution in [0.15, 0.2) is 24.3 Å². The number of para-hydroxylation sites is 1. The zero-order chi connectivity index (χ0) is 16.5. The van der Waals surface area contributed by atoms with E-state index in [9.17, 15) is 24.3 Å². The number of rotatable bonds is 7. The molecule has 9 nitrogen and oxygen atoms in total. The Bertz CT molecular complexity index is 593. The predicted molar refractivity (Wildman–Crippen MR) is 74.1 cm³/mol. The third kappa shape index (κ3) is 7.93. The molecule has 0 saturated carbocycles. The smallest absolute Gasteiger partial charge is 0.322 e. The first-order chi connectivity index (χ1) is 10.4. The fourth-order valence-electron chi connectivity index (χ4n) is 1.40. The molecular weight excluding hydrogens is 393 g/mol. The van der Waals surface area contributed by atoms with Crippen molar-refractivity contribution in [3.05, 3.63) is 29.8 Å². The second kappa shape index (κ2) is 10.3. The second-order valence-corrected chi connectivity index (χ2v) is 4.15. The van der Waals surface area contributed by atoms with Crippen LogP contribution in [0.2, 0.25) is 0 Å². The third-order valence-electron chi connectivity index (χ3n) is 2.44. The maximum atomic E-state index is 11.7. The van der Waals surface area contributed by atoms with Crippen molar-refractivity contribution in [3.8, 4) is 5.75 Å². The average molecular weight is 408 g/mol. The Morgan fingerprint density at radius 1 is 0.870 bits per heavy atom. The standard InChI is InChI=1S/C13H15N3O6.Tc/c17-9-4-2-1-3-8(9)13(22)16-6-11(19)14-5-10(18)15-7-12(20)21;/h1-4,17H,5-7H2,(H,14,19)(H,15,18)(H,16,22)(H,20,21);/i;1+1. The number of carboxylic acids is 1. The van der Waals surface area contributed by atoms with Crippen LogP contribution in [-0.4, -0.2) is 53.5 Å². The molecule has 0 fully saturated rings. The number of hydrogen-bond donors (Lipinski definition) is 5. The molecule has 0 aromatic heterocycles. The minimum atomic E-state index is -1.20. The fourth-order valence-corrected chi connectivity index (χ4v) is 1.40. The fraction of sp³-hybridized carbons (Fsp3) is 0.231. The molecule has 1 aromatic carbocycles. The largest absolute Gasteiger partial charge is 0.507 e. The maximum absolute atomic E-state index is 11.7. The quantitative estimate of drug-likeness (QED) is 0.369. The number of aliphatic carboxylic acids is 1. The van der Waals surface area contributed by atoms with Crippen molar-refractivity contribution >= 4 is 23.7 Å². The van der Waals surface area contributed by atoms with Crippen molar-refractivity contribution in [1.29, 1.82) is 0 Å². The van der Waals surface area contributed by atoms with Gasteiger partial charge >= 0.3 is 5.97 Å². The predicted octanol–water partition coefficient (Wildman–Crippen LogP) is -1.56. The molecule has 1 rings (SSSR count). The van der Waals surface area contributed by atoms with Crippen LogP contribution in [0, 0.1) is 0 Å². The number of benzene rings is 1. The van der Waals surface area contributed by atoms with Gasteiger partial charge in [0.2, 0.25) is 11.8 Å². The SMILES string of the molecule is O=C(O)CNC(=O)CNC(=O)CNC(=O)c1ccccc1O.[99Tc]. The third-order valence-corrected chi connectivity index (χ3v) is 2.44. The molecular formula is C13H15N3O6Tc. The van der Waals surface area contributed by atoms with Gasteiger partial charge in [-0.15, -0.1) is 0 Å². The van der Waals surface area contributed by atoms with E-state index in [1.165, 1.54) is 12.1 Å². The van der Waals surface area contributed by atoms with Gasteiger partial charge in [0.1, 0.15) is 12.3 Å². The van der Waals surface area contributed by atoms with Crippen LogP contribution in [0.5, 0.6) is 5.75 Å². The monoisotopic (exact) mass is 408 g/mol. The van der Waals surface area contributed by atoms with Gasteiger partial charge in [-0.05, 0) is 12.1 Å². The number of carbonyl (C=O) groups is 4. The van der Waals surface area contributed by atoms with Crippen LogP contribution in [0.1, 0.15) is 10.4 Å². The van der Waals surface area contributed by atoms with Crippen molar-refractivity contribution in [2.45, 2.75) is 0 Å². The Kier molecular flexibility index (Phi) is 9.21. The summed E-state index contributed by atoms with van der Waals surface area (Å²) < 4.78 is 0. The van der Waals surface area contributed by atoms with Gasteiger partial charge in [-0.3, -0.25) is 19.2 Å². The first kappa shape index (κ1) is 20.5. The van der Waals surface area contributed by atoms with E-state index in [4.69, 9.17) is 5.11 Å². The van der Waals surface area contributed by atoms with E-state index in [0.29, 0.717) is 0 Å². The summed E-state index contributed by atoms with van der Waals surface area (Å²) in [6.07, 6.45) is 0. The molecule has 125 valence electrons. The van der Waals surface area contributed by atoms with Gasteiger partial charge in [-0.25, -0.2) is 0 Å². The van der Waals surface area contributed by atoms with Crippen LogP contribution < -0.4 is 16.0 Å². The van der Waals surface area contributed by atoms with E-state index >= 15 is 0 Å². The summed E-state index contributed by atoms with van der Waals surface area (Å²) in [7, 11) is 0. The van der Waals surface area contributed by atoms with Crippen LogP contribution in [0.4, 0.5) is 0 Å². The number of nitrogens with one attached hydrogen (secondary N) is 3.